The molecule has 10 heteroatoms. The highest BCUT2D eigenvalue weighted by Crippen LogP contribution is 2.33. The van der Waals surface area contributed by atoms with E-state index in [0.29, 0.717) is 18.1 Å². The molecule has 1 fully saturated rings. The smallest absolute Gasteiger partial charge is 0.305 e. The van der Waals surface area contributed by atoms with E-state index in [1.165, 1.54) is 6.21 Å². The minimum atomic E-state index is -1.04. The molecule has 1 aliphatic rings. The number of nitrogens with one attached hydrogen (secondary N) is 1. The molecule has 1 saturated heterocycles. The molecule has 0 aromatic heterocycles. The molecule has 138 valence electrons. The maximum atomic E-state index is 11.6. The van der Waals surface area contributed by atoms with Crippen molar-refractivity contribution in [1.29, 1.82) is 0 Å². The minimum Gasteiger partial charge on any atom is -0.493 e. The molecule has 1 atom stereocenters. The normalized spacial score (nSPS) is 18.2. The molecular weight excluding hydrogens is 473 g/mol. The van der Waals surface area contributed by atoms with Crippen LogP contribution < -0.4 is 14.8 Å². The Hall–Kier alpha value is -2.08. The maximum absolute atomic E-state index is 11.6. The lowest BCUT2D eigenvalue weighted by Gasteiger charge is -2.12. The highest BCUT2D eigenvalue weighted by molar-refractivity contribution is 14.1. The van der Waals surface area contributed by atoms with Crippen molar-refractivity contribution < 1.29 is 24.2 Å². The van der Waals surface area contributed by atoms with Crippen LogP contribution in [0.3, 0.4) is 0 Å². The summed E-state index contributed by atoms with van der Waals surface area (Å²) >= 11 is 3.17. The molecule has 26 heavy (non-hydrogen) atoms. The Morgan fingerprint density at radius 2 is 2.31 bits per heavy atom. The van der Waals surface area contributed by atoms with Crippen LogP contribution in [0.25, 0.3) is 0 Å². The Balaban J connectivity index is 2.11. The Bertz CT molecular complexity index is 781. The molecule has 2 rings (SSSR count). The number of ether oxygens (including phenoxy) is 2. The topological polar surface area (TPSA) is 110 Å². The summed E-state index contributed by atoms with van der Waals surface area (Å²) in [6.45, 7) is 3.98. The second-order valence-corrected chi connectivity index (χ2v) is 7.33. The van der Waals surface area contributed by atoms with Gasteiger partial charge >= 0.3 is 5.97 Å². The van der Waals surface area contributed by atoms with E-state index in [1.807, 2.05) is 6.07 Å². The Labute approximate surface area is 167 Å². The Morgan fingerprint density at radius 1 is 1.54 bits per heavy atom. The van der Waals surface area contributed by atoms with E-state index in [1.54, 1.807) is 19.3 Å². The Morgan fingerprint density at radius 3 is 2.96 bits per heavy atom. The van der Waals surface area contributed by atoms with Crippen LogP contribution in [0.4, 0.5) is 0 Å². The first-order valence-electron chi connectivity index (χ1n) is 7.36. The molecule has 0 unspecified atom stereocenters. The second-order valence-electron chi connectivity index (χ2n) is 4.98. The number of carbonyl (C=O) groups is 2. The fraction of sp³-hybridized carbons (Fsp3) is 0.250. The van der Waals surface area contributed by atoms with Crippen molar-refractivity contribution in [2.24, 2.45) is 10.2 Å². The largest absolute Gasteiger partial charge is 0.493 e. The molecule has 0 spiro atoms. The number of carboxylic acid groups (broad SMARTS) is 1. The molecule has 0 saturated carbocycles. The standard InChI is InChI=1S/C16H16IN3O5S/c1-3-4-25-14-10(17)5-9(6-11(14)24-2)8-18-20-16-19-15(23)12(26-16)7-13(21)22/h3,5-6,8,12H,1,4,7H2,2H3,(H,21,22)(H,19,20,23)/b18-8-/t12-/m0/s1. The highest BCUT2D eigenvalue weighted by Gasteiger charge is 2.32. The zero-order chi connectivity index (χ0) is 19.1. The third kappa shape index (κ3) is 5.46. The fourth-order valence-corrected chi connectivity index (χ4v) is 3.69. The van der Waals surface area contributed by atoms with Gasteiger partial charge in [0.05, 0.1) is 23.3 Å². The number of hydrogen-bond donors (Lipinski definition) is 2. The number of methoxy groups -OCH3 is 1. The number of halogens is 1. The zero-order valence-corrected chi connectivity index (χ0v) is 16.7. The van der Waals surface area contributed by atoms with Crippen molar-refractivity contribution in [3.8, 4) is 11.5 Å². The number of nitrogens with zero attached hydrogens (tertiary/aromatic N) is 2. The summed E-state index contributed by atoms with van der Waals surface area (Å²) in [5.74, 6) is -0.251. The van der Waals surface area contributed by atoms with Gasteiger partial charge in [-0.05, 0) is 40.3 Å². The molecule has 8 nitrogen and oxygen atoms in total. The zero-order valence-electron chi connectivity index (χ0n) is 13.8. The number of aliphatic carboxylic acids is 1. The summed E-state index contributed by atoms with van der Waals surface area (Å²) in [5, 5.41) is 18.7. The average molecular weight is 489 g/mol. The molecule has 1 heterocycles. The number of benzene rings is 1. The summed E-state index contributed by atoms with van der Waals surface area (Å²) in [6, 6.07) is 3.59. The monoisotopic (exact) mass is 489 g/mol. The van der Waals surface area contributed by atoms with Crippen molar-refractivity contribution in [2.45, 2.75) is 11.7 Å². The van der Waals surface area contributed by atoms with Gasteiger partial charge in [0, 0.05) is 0 Å². The van der Waals surface area contributed by atoms with Gasteiger partial charge in [0.25, 0.3) is 0 Å². The van der Waals surface area contributed by atoms with E-state index in [4.69, 9.17) is 14.6 Å². The number of carbonyl (C=O) groups excluding carboxylic acids is 1. The second kappa shape index (κ2) is 9.57. The van der Waals surface area contributed by atoms with Gasteiger partial charge in [0.2, 0.25) is 5.91 Å². The molecule has 2 N–H and O–H groups in total. The van der Waals surface area contributed by atoms with Crippen LogP contribution in [-0.4, -0.2) is 47.3 Å². The molecule has 1 aromatic carbocycles. The minimum absolute atomic E-state index is 0.263. The van der Waals surface area contributed by atoms with Gasteiger partial charge in [-0.15, -0.1) is 5.10 Å². The van der Waals surface area contributed by atoms with Crippen LogP contribution in [0.1, 0.15) is 12.0 Å². The maximum Gasteiger partial charge on any atom is 0.305 e. The first-order valence-corrected chi connectivity index (χ1v) is 9.32. The van der Waals surface area contributed by atoms with E-state index < -0.39 is 11.2 Å². The van der Waals surface area contributed by atoms with Gasteiger partial charge in [-0.25, -0.2) is 0 Å². The summed E-state index contributed by atoms with van der Waals surface area (Å²) in [4.78, 5) is 22.3. The fourth-order valence-electron chi connectivity index (χ4n) is 1.99. The van der Waals surface area contributed by atoms with Gasteiger partial charge in [-0.2, -0.15) is 5.10 Å². The Kier molecular flexibility index (Phi) is 7.45. The molecule has 1 aliphatic heterocycles. The lowest BCUT2D eigenvalue weighted by molar-refractivity contribution is -0.138. The molecule has 1 amide bonds. The van der Waals surface area contributed by atoms with E-state index in [-0.39, 0.29) is 17.5 Å². The van der Waals surface area contributed by atoms with E-state index in [2.05, 4.69) is 44.7 Å². The summed E-state index contributed by atoms with van der Waals surface area (Å²) in [6.07, 6.45) is 2.89. The van der Waals surface area contributed by atoms with Crippen molar-refractivity contribution in [3.05, 3.63) is 33.9 Å². The van der Waals surface area contributed by atoms with Crippen molar-refractivity contribution in [2.75, 3.05) is 13.7 Å². The summed E-state index contributed by atoms with van der Waals surface area (Å²) in [7, 11) is 1.54. The van der Waals surface area contributed by atoms with Crippen LogP contribution >= 0.6 is 34.4 Å². The lowest BCUT2D eigenvalue weighted by atomic mass is 10.2. The molecular formula is C16H16IN3O5S. The number of rotatable bonds is 8. The predicted octanol–water partition coefficient (Wildman–Crippen LogP) is 2.26. The van der Waals surface area contributed by atoms with E-state index in [9.17, 15) is 9.59 Å². The first kappa shape index (κ1) is 20.2. The van der Waals surface area contributed by atoms with Crippen LogP contribution in [0, 0.1) is 3.57 Å². The third-order valence-electron chi connectivity index (χ3n) is 3.09. The highest BCUT2D eigenvalue weighted by atomic mass is 127. The number of carboxylic acids is 1. The number of amides is 1. The summed E-state index contributed by atoms with van der Waals surface area (Å²) in [5.41, 5.74) is 0.734. The van der Waals surface area contributed by atoms with Gasteiger partial charge in [-0.1, -0.05) is 24.4 Å². The van der Waals surface area contributed by atoms with Gasteiger partial charge in [0.1, 0.15) is 11.9 Å². The average Bonchev–Trinajstić information content (AvgIpc) is 2.92. The molecule has 0 radical (unpaired) electrons. The van der Waals surface area contributed by atoms with Crippen LogP contribution in [0.5, 0.6) is 11.5 Å². The SMILES string of the molecule is C=CCOc1c(I)cc(/C=N\N=C2/NC(=O)[C@H](CC(=O)O)S2)cc1OC. The predicted molar refractivity (Wildman–Crippen MR) is 108 cm³/mol. The molecule has 1 aromatic rings. The van der Waals surface area contributed by atoms with E-state index >= 15 is 0 Å². The van der Waals surface area contributed by atoms with Crippen molar-refractivity contribution in [1.82, 2.24) is 5.32 Å². The molecule has 0 bridgehead atoms. The number of hydrogen-bond acceptors (Lipinski definition) is 7. The van der Waals surface area contributed by atoms with Crippen LogP contribution in [0.2, 0.25) is 0 Å². The summed E-state index contributed by atoms with van der Waals surface area (Å²) < 4.78 is 11.7. The lowest BCUT2D eigenvalue weighted by Crippen LogP contribution is -2.26. The third-order valence-corrected chi connectivity index (χ3v) is 4.96. The number of amidine groups is 1. The van der Waals surface area contributed by atoms with Crippen molar-refractivity contribution in [3.63, 3.8) is 0 Å². The van der Waals surface area contributed by atoms with Crippen LogP contribution in [0.15, 0.2) is 35.0 Å². The quantitative estimate of drug-likeness (QED) is 0.251. The van der Waals surface area contributed by atoms with Gasteiger partial charge in [-0.3, -0.25) is 9.59 Å². The number of thioether (sulfide) groups is 1. The van der Waals surface area contributed by atoms with Crippen LogP contribution in [-0.2, 0) is 9.59 Å². The van der Waals surface area contributed by atoms with Gasteiger partial charge in [0.15, 0.2) is 16.7 Å². The van der Waals surface area contributed by atoms with E-state index in [0.717, 1.165) is 20.9 Å². The van der Waals surface area contributed by atoms with Crippen molar-refractivity contribution >= 4 is 57.6 Å². The van der Waals surface area contributed by atoms with Gasteiger partial charge < -0.3 is 19.9 Å². The molecule has 0 aliphatic carbocycles. The first-order chi connectivity index (χ1) is 12.4.